The van der Waals surface area contributed by atoms with E-state index in [9.17, 15) is 0 Å². The molecule has 0 saturated carbocycles. The van der Waals surface area contributed by atoms with Crippen LogP contribution in [0.3, 0.4) is 0 Å². The number of rotatable bonds is 3. The first-order valence-corrected chi connectivity index (χ1v) is 7.83. The van der Waals surface area contributed by atoms with Crippen LogP contribution >= 0.6 is 0 Å². The number of likely N-dealkylation sites (tertiary alicyclic amines) is 1. The van der Waals surface area contributed by atoms with Crippen molar-refractivity contribution < 1.29 is 0 Å². The van der Waals surface area contributed by atoms with E-state index >= 15 is 0 Å². The highest BCUT2D eigenvalue weighted by Gasteiger charge is 2.35. The van der Waals surface area contributed by atoms with E-state index in [2.05, 4.69) is 40.5 Å². The van der Waals surface area contributed by atoms with Gasteiger partial charge in [0.2, 0.25) is 0 Å². The molecule has 1 spiro atoms. The van der Waals surface area contributed by atoms with Crippen LogP contribution < -0.4 is 5.32 Å². The molecule has 2 fully saturated rings. The molecule has 0 radical (unpaired) electrons. The Morgan fingerprint density at radius 1 is 1.05 bits per heavy atom. The molecule has 0 aliphatic carbocycles. The van der Waals surface area contributed by atoms with Crippen LogP contribution in [0.15, 0.2) is 30.3 Å². The molecular weight excluding hydrogens is 232 g/mol. The normalized spacial score (nSPS) is 23.6. The Kier molecular flexibility index (Phi) is 4.19. The molecule has 2 aliphatic rings. The zero-order chi connectivity index (χ0) is 13.0. The van der Waals surface area contributed by atoms with Crippen molar-refractivity contribution in [2.24, 2.45) is 5.41 Å². The van der Waals surface area contributed by atoms with Gasteiger partial charge in [-0.25, -0.2) is 0 Å². The molecule has 2 saturated heterocycles. The number of nitrogens with one attached hydrogen (secondary N) is 1. The summed E-state index contributed by atoms with van der Waals surface area (Å²) in [7, 11) is 0. The Labute approximate surface area is 117 Å². The zero-order valence-electron chi connectivity index (χ0n) is 11.9. The summed E-state index contributed by atoms with van der Waals surface area (Å²) in [6, 6.07) is 10.9. The third kappa shape index (κ3) is 3.37. The molecule has 1 aromatic rings. The van der Waals surface area contributed by atoms with Gasteiger partial charge in [0.1, 0.15) is 0 Å². The monoisotopic (exact) mass is 258 g/mol. The smallest absolute Gasteiger partial charge is 0.00218 e. The first kappa shape index (κ1) is 13.1. The van der Waals surface area contributed by atoms with Crippen molar-refractivity contribution in [3.05, 3.63) is 35.9 Å². The number of hydrogen-bond donors (Lipinski definition) is 1. The second-order valence-electron chi connectivity index (χ2n) is 6.36. The van der Waals surface area contributed by atoms with Crippen molar-refractivity contribution in [3.8, 4) is 0 Å². The van der Waals surface area contributed by atoms with Crippen LogP contribution in [0.4, 0.5) is 0 Å². The van der Waals surface area contributed by atoms with E-state index < -0.39 is 0 Å². The second-order valence-corrected chi connectivity index (χ2v) is 6.36. The number of piperidine rings is 2. The average Bonchev–Trinajstić information content (AvgIpc) is 2.49. The summed E-state index contributed by atoms with van der Waals surface area (Å²) in [5, 5.41) is 3.60. The highest BCUT2D eigenvalue weighted by atomic mass is 15.1. The van der Waals surface area contributed by atoms with Crippen molar-refractivity contribution in [1.82, 2.24) is 10.2 Å². The van der Waals surface area contributed by atoms with Crippen molar-refractivity contribution in [3.63, 3.8) is 0 Å². The Morgan fingerprint density at radius 2 is 1.84 bits per heavy atom. The second kappa shape index (κ2) is 6.06. The van der Waals surface area contributed by atoms with Gasteiger partial charge in [0.05, 0.1) is 0 Å². The van der Waals surface area contributed by atoms with Gasteiger partial charge in [-0.15, -0.1) is 0 Å². The standard InChI is InChI=1S/C17H26N2/c1-2-5-16(6-3-1)7-12-19-13-9-17(10-14-19)8-4-11-18-15-17/h1-3,5-6,18H,4,7-15H2. The van der Waals surface area contributed by atoms with E-state index in [1.54, 1.807) is 0 Å². The van der Waals surface area contributed by atoms with Gasteiger partial charge in [-0.3, -0.25) is 0 Å². The molecule has 0 bridgehead atoms. The number of hydrogen-bond acceptors (Lipinski definition) is 2. The van der Waals surface area contributed by atoms with Crippen LogP contribution in [-0.2, 0) is 6.42 Å². The minimum absolute atomic E-state index is 0.640. The fourth-order valence-corrected chi connectivity index (χ4v) is 3.64. The van der Waals surface area contributed by atoms with E-state index in [4.69, 9.17) is 0 Å². The Hall–Kier alpha value is -0.860. The molecule has 2 nitrogen and oxygen atoms in total. The summed E-state index contributed by atoms with van der Waals surface area (Å²) in [4.78, 5) is 2.66. The third-order valence-corrected chi connectivity index (χ3v) is 5.04. The lowest BCUT2D eigenvalue weighted by Crippen LogP contribution is -2.48. The van der Waals surface area contributed by atoms with Crippen LogP contribution in [-0.4, -0.2) is 37.6 Å². The van der Waals surface area contributed by atoms with Gasteiger partial charge in [-0.05, 0) is 62.7 Å². The van der Waals surface area contributed by atoms with E-state index in [0.29, 0.717) is 5.41 Å². The molecule has 2 heterocycles. The van der Waals surface area contributed by atoms with Crippen LogP contribution in [0.2, 0.25) is 0 Å². The molecule has 0 atom stereocenters. The zero-order valence-corrected chi connectivity index (χ0v) is 11.9. The summed E-state index contributed by atoms with van der Waals surface area (Å²) >= 11 is 0. The molecule has 1 aromatic carbocycles. The van der Waals surface area contributed by atoms with Gasteiger partial charge in [0.25, 0.3) is 0 Å². The predicted octanol–water partition coefficient (Wildman–Crippen LogP) is 2.69. The minimum Gasteiger partial charge on any atom is -0.316 e. The maximum absolute atomic E-state index is 3.60. The molecule has 0 unspecified atom stereocenters. The molecular formula is C17H26N2. The van der Waals surface area contributed by atoms with Gasteiger partial charge >= 0.3 is 0 Å². The molecule has 0 amide bonds. The number of benzene rings is 1. The molecule has 19 heavy (non-hydrogen) atoms. The van der Waals surface area contributed by atoms with Crippen LogP contribution in [0.5, 0.6) is 0 Å². The molecule has 0 aromatic heterocycles. The summed E-state index contributed by atoms with van der Waals surface area (Å²) in [6.45, 7) is 6.33. The molecule has 3 rings (SSSR count). The largest absolute Gasteiger partial charge is 0.316 e. The van der Waals surface area contributed by atoms with E-state index in [1.165, 1.54) is 70.4 Å². The van der Waals surface area contributed by atoms with Crippen LogP contribution in [0.1, 0.15) is 31.2 Å². The topological polar surface area (TPSA) is 15.3 Å². The highest BCUT2D eigenvalue weighted by Crippen LogP contribution is 2.37. The van der Waals surface area contributed by atoms with Crippen molar-refractivity contribution in [1.29, 1.82) is 0 Å². The van der Waals surface area contributed by atoms with Gasteiger partial charge in [0.15, 0.2) is 0 Å². The maximum Gasteiger partial charge on any atom is 0.00218 e. The van der Waals surface area contributed by atoms with Gasteiger partial charge in [0, 0.05) is 13.1 Å². The highest BCUT2D eigenvalue weighted by molar-refractivity contribution is 5.14. The van der Waals surface area contributed by atoms with Gasteiger partial charge in [-0.2, -0.15) is 0 Å². The lowest BCUT2D eigenvalue weighted by Gasteiger charge is -2.44. The van der Waals surface area contributed by atoms with Crippen molar-refractivity contribution in [2.45, 2.75) is 32.1 Å². The third-order valence-electron chi connectivity index (χ3n) is 5.04. The minimum atomic E-state index is 0.640. The first-order valence-electron chi connectivity index (χ1n) is 7.83. The van der Waals surface area contributed by atoms with Gasteiger partial charge in [-0.1, -0.05) is 30.3 Å². The Morgan fingerprint density at radius 3 is 2.53 bits per heavy atom. The van der Waals surface area contributed by atoms with Gasteiger partial charge < -0.3 is 10.2 Å². The van der Waals surface area contributed by atoms with E-state index in [-0.39, 0.29) is 0 Å². The predicted molar refractivity (Wildman–Crippen MR) is 80.4 cm³/mol. The molecule has 1 N–H and O–H groups in total. The van der Waals surface area contributed by atoms with Crippen LogP contribution in [0.25, 0.3) is 0 Å². The Bertz CT molecular complexity index is 372. The summed E-state index contributed by atoms with van der Waals surface area (Å²) < 4.78 is 0. The lowest BCUT2D eigenvalue weighted by molar-refractivity contribution is 0.0796. The molecule has 2 heteroatoms. The van der Waals surface area contributed by atoms with Crippen LogP contribution in [0, 0.1) is 5.41 Å². The van der Waals surface area contributed by atoms with Crippen molar-refractivity contribution in [2.75, 3.05) is 32.7 Å². The first-order chi connectivity index (χ1) is 9.36. The van der Waals surface area contributed by atoms with Crippen molar-refractivity contribution >= 4 is 0 Å². The SMILES string of the molecule is c1ccc(CCN2CCC3(CCCNC3)CC2)cc1. The Balaban J connectivity index is 1.45. The maximum atomic E-state index is 3.60. The lowest BCUT2D eigenvalue weighted by atomic mass is 9.73. The fourth-order valence-electron chi connectivity index (χ4n) is 3.64. The molecule has 2 aliphatic heterocycles. The quantitative estimate of drug-likeness (QED) is 0.897. The fraction of sp³-hybridized carbons (Fsp3) is 0.647. The summed E-state index contributed by atoms with van der Waals surface area (Å²) in [6.07, 6.45) is 6.83. The van der Waals surface area contributed by atoms with E-state index in [1.807, 2.05) is 0 Å². The average molecular weight is 258 g/mol. The van der Waals surface area contributed by atoms with E-state index in [0.717, 1.165) is 0 Å². The number of nitrogens with zero attached hydrogens (tertiary/aromatic N) is 1. The summed E-state index contributed by atoms with van der Waals surface area (Å²) in [5.74, 6) is 0. The molecule has 104 valence electrons. The summed E-state index contributed by atoms with van der Waals surface area (Å²) in [5.41, 5.74) is 2.11.